The van der Waals surface area contributed by atoms with Crippen LogP contribution in [0.1, 0.15) is 44.0 Å². The number of anilines is 1. The summed E-state index contributed by atoms with van der Waals surface area (Å²) < 4.78 is 20.2. The van der Waals surface area contributed by atoms with E-state index >= 15 is 0 Å². The van der Waals surface area contributed by atoms with E-state index in [0.29, 0.717) is 30.1 Å². The number of ether oxygens (including phenoxy) is 3. The quantitative estimate of drug-likeness (QED) is 0.306. The van der Waals surface area contributed by atoms with Crippen molar-refractivity contribution in [3.8, 4) is 0 Å². The lowest BCUT2D eigenvalue weighted by atomic mass is 9.91. The first-order valence-corrected chi connectivity index (χ1v) is 13.7. The van der Waals surface area contributed by atoms with Crippen LogP contribution in [-0.2, 0) is 19.0 Å². The Morgan fingerprint density at radius 1 is 1.02 bits per heavy atom. The fraction of sp³-hybridized carbons (Fsp3) is 0.379. The van der Waals surface area contributed by atoms with E-state index in [-0.39, 0.29) is 17.1 Å². The van der Waals surface area contributed by atoms with Gasteiger partial charge in [0, 0.05) is 19.0 Å². The molecule has 0 radical (unpaired) electrons. The molecule has 208 valence electrons. The Balaban J connectivity index is 1.32. The molecule has 1 amide bonds. The second-order valence-corrected chi connectivity index (χ2v) is 10.7. The number of carbonyl (C=O) groups excluding carboxylic acids is 1. The third-order valence-electron chi connectivity index (χ3n) is 7.18. The molecular weight excluding hydrogens is 532 g/mol. The molecule has 11 heteroatoms. The molecule has 4 unspecified atom stereocenters. The number of hydrogen-bond donors (Lipinski definition) is 2. The zero-order chi connectivity index (χ0) is 27.9. The summed E-state index contributed by atoms with van der Waals surface area (Å²) in [5, 5.41) is 6.34. The zero-order valence-electron chi connectivity index (χ0n) is 22.5. The summed E-state index contributed by atoms with van der Waals surface area (Å²) in [5.41, 5.74) is 3.34. The van der Waals surface area contributed by atoms with Crippen LogP contribution in [0.15, 0.2) is 67.0 Å². The van der Waals surface area contributed by atoms with Crippen LogP contribution in [0.3, 0.4) is 0 Å². The Bertz CT molecular complexity index is 1460. The molecular formula is C29H31ClN6O4. The number of halogens is 1. The summed E-state index contributed by atoms with van der Waals surface area (Å²) in [6, 6.07) is 20.6. The van der Waals surface area contributed by atoms with Crippen LogP contribution in [0.5, 0.6) is 0 Å². The smallest absolute Gasteiger partial charge is 0.252 e. The first-order chi connectivity index (χ1) is 19.3. The van der Waals surface area contributed by atoms with Crippen molar-refractivity contribution in [2.45, 2.75) is 57.0 Å². The fourth-order valence-corrected chi connectivity index (χ4v) is 5.65. The van der Waals surface area contributed by atoms with Crippen LogP contribution in [0.4, 0.5) is 5.82 Å². The maximum absolute atomic E-state index is 12.8. The number of carbonyl (C=O) groups is 1. The topological polar surface area (TPSA) is 112 Å². The molecule has 0 saturated carbocycles. The number of benzene rings is 2. The predicted molar refractivity (Wildman–Crippen MR) is 150 cm³/mol. The van der Waals surface area contributed by atoms with E-state index in [2.05, 4.69) is 49.9 Å². The second-order valence-electron chi connectivity index (χ2n) is 10.3. The Morgan fingerprint density at radius 3 is 2.33 bits per heavy atom. The average molecular weight is 563 g/mol. The Kier molecular flexibility index (Phi) is 7.18. The van der Waals surface area contributed by atoms with Gasteiger partial charge in [-0.05, 0) is 43.5 Å². The van der Waals surface area contributed by atoms with Gasteiger partial charge < -0.3 is 24.8 Å². The van der Waals surface area contributed by atoms with Crippen LogP contribution in [0, 0.1) is 0 Å². The number of likely N-dealkylation sites (N-methyl/N-ethyl adjacent to an activating group) is 1. The molecule has 40 heavy (non-hydrogen) atoms. The number of nitrogens with zero attached hydrogens (tertiary/aromatic N) is 4. The van der Waals surface area contributed by atoms with Gasteiger partial charge in [0.05, 0.1) is 6.33 Å². The highest BCUT2D eigenvalue weighted by molar-refractivity contribution is 6.28. The molecule has 0 spiro atoms. The Labute approximate surface area is 237 Å². The third-order valence-corrected chi connectivity index (χ3v) is 7.35. The van der Waals surface area contributed by atoms with Crippen molar-refractivity contribution in [1.82, 2.24) is 24.8 Å². The lowest BCUT2D eigenvalue weighted by Crippen LogP contribution is -2.42. The van der Waals surface area contributed by atoms with Gasteiger partial charge in [0.15, 0.2) is 35.1 Å². The molecule has 2 saturated heterocycles. The maximum Gasteiger partial charge on any atom is 0.252 e. The van der Waals surface area contributed by atoms with Gasteiger partial charge in [0.2, 0.25) is 5.28 Å². The van der Waals surface area contributed by atoms with E-state index in [0.717, 1.165) is 0 Å². The van der Waals surface area contributed by atoms with Crippen molar-refractivity contribution in [2.24, 2.45) is 0 Å². The highest BCUT2D eigenvalue weighted by Gasteiger charge is 2.58. The molecule has 0 aliphatic carbocycles. The number of fused-ring (bicyclic) bond motifs is 2. The van der Waals surface area contributed by atoms with Gasteiger partial charge >= 0.3 is 0 Å². The van der Waals surface area contributed by atoms with Crippen LogP contribution in [0.25, 0.3) is 11.2 Å². The van der Waals surface area contributed by atoms with E-state index < -0.39 is 30.3 Å². The van der Waals surface area contributed by atoms with Crippen LogP contribution in [0.2, 0.25) is 5.28 Å². The van der Waals surface area contributed by atoms with Crippen molar-refractivity contribution in [3.63, 3.8) is 0 Å². The summed E-state index contributed by atoms with van der Waals surface area (Å²) in [6.45, 7) is 6.52. The van der Waals surface area contributed by atoms with E-state index in [1.807, 2.05) is 57.2 Å². The number of aromatic nitrogens is 4. The van der Waals surface area contributed by atoms with Crippen molar-refractivity contribution in [1.29, 1.82) is 0 Å². The van der Waals surface area contributed by atoms with Crippen LogP contribution >= 0.6 is 11.6 Å². The number of imidazole rings is 1. The van der Waals surface area contributed by atoms with Crippen molar-refractivity contribution < 1.29 is 19.0 Å². The third kappa shape index (κ3) is 5.03. The minimum atomic E-state index is -0.873. The highest BCUT2D eigenvalue weighted by Crippen LogP contribution is 2.44. The zero-order valence-corrected chi connectivity index (χ0v) is 23.2. The summed E-state index contributed by atoms with van der Waals surface area (Å²) >= 11 is 6.42. The Hall–Kier alpha value is -3.57. The van der Waals surface area contributed by atoms with Gasteiger partial charge in [0.1, 0.15) is 12.2 Å². The Morgan fingerprint density at radius 2 is 1.68 bits per heavy atom. The van der Waals surface area contributed by atoms with E-state index in [1.54, 1.807) is 10.9 Å². The SMILES string of the molecule is CCNC(=O)C1OC(n2cnc3c(NCC(c4ccccc4)c4ccccc4)nc(Cl)nc32)C2OC(C)(C)OC12. The van der Waals surface area contributed by atoms with E-state index in [9.17, 15) is 4.79 Å². The minimum Gasteiger partial charge on any atom is -0.367 e. The van der Waals surface area contributed by atoms with Gasteiger partial charge in [-0.3, -0.25) is 9.36 Å². The first-order valence-electron chi connectivity index (χ1n) is 13.4. The number of amides is 1. The number of hydrogen-bond acceptors (Lipinski definition) is 8. The largest absolute Gasteiger partial charge is 0.367 e. The average Bonchev–Trinajstić information content (AvgIpc) is 3.60. The molecule has 2 N–H and O–H groups in total. The van der Waals surface area contributed by atoms with Crippen molar-refractivity contribution in [2.75, 3.05) is 18.4 Å². The summed E-state index contributed by atoms with van der Waals surface area (Å²) in [4.78, 5) is 26.4. The molecule has 10 nitrogen and oxygen atoms in total. The fourth-order valence-electron chi connectivity index (χ4n) is 5.48. The predicted octanol–water partition coefficient (Wildman–Crippen LogP) is 4.28. The van der Waals surface area contributed by atoms with Crippen LogP contribution < -0.4 is 10.6 Å². The van der Waals surface area contributed by atoms with E-state index in [4.69, 9.17) is 25.8 Å². The molecule has 4 atom stereocenters. The molecule has 2 fully saturated rings. The maximum atomic E-state index is 12.8. The van der Waals surface area contributed by atoms with Crippen LogP contribution in [-0.4, -0.2) is 62.6 Å². The molecule has 2 aliphatic rings. The standard InChI is InChI=1S/C29H31ClN6O4/c1-4-31-26(37)22-21-23(40-29(2,3)39-21)27(38-22)36-16-33-20-24(34-28(30)35-25(20)36)32-15-19(17-11-7-5-8-12-17)18-13-9-6-10-14-18/h5-14,16,19,21-23,27H,4,15H2,1-3H3,(H,31,37)(H,32,34,35). The molecule has 2 aromatic heterocycles. The lowest BCUT2D eigenvalue weighted by Gasteiger charge is -2.24. The molecule has 4 aromatic rings. The van der Waals surface area contributed by atoms with Gasteiger partial charge in [-0.1, -0.05) is 60.7 Å². The molecule has 6 rings (SSSR count). The molecule has 2 aliphatic heterocycles. The summed E-state index contributed by atoms with van der Waals surface area (Å²) in [7, 11) is 0. The molecule has 2 aromatic carbocycles. The van der Waals surface area contributed by atoms with Gasteiger partial charge in [-0.15, -0.1) is 0 Å². The molecule has 0 bridgehead atoms. The van der Waals surface area contributed by atoms with Gasteiger partial charge in [-0.2, -0.15) is 9.97 Å². The van der Waals surface area contributed by atoms with Crippen molar-refractivity contribution >= 4 is 34.5 Å². The van der Waals surface area contributed by atoms with E-state index in [1.165, 1.54) is 11.1 Å². The lowest BCUT2D eigenvalue weighted by molar-refractivity contribution is -0.197. The van der Waals surface area contributed by atoms with Gasteiger partial charge in [0.25, 0.3) is 5.91 Å². The van der Waals surface area contributed by atoms with Gasteiger partial charge in [-0.25, -0.2) is 4.98 Å². The highest BCUT2D eigenvalue weighted by atomic mass is 35.5. The second kappa shape index (κ2) is 10.8. The minimum absolute atomic E-state index is 0.0615. The number of rotatable bonds is 8. The van der Waals surface area contributed by atoms with Crippen molar-refractivity contribution in [3.05, 3.63) is 83.4 Å². The summed E-state index contributed by atoms with van der Waals surface area (Å²) in [5.74, 6) is -0.559. The first kappa shape index (κ1) is 26.6. The number of nitrogens with one attached hydrogen (secondary N) is 2. The molecule has 4 heterocycles. The monoisotopic (exact) mass is 562 g/mol. The summed E-state index contributed by atoms with van der Waals surface area (Å²) in [6.07, 6.45) is -1.07. The normalized spacial score (nSPS) is 23.4.